The third-order valence-corrected chi connectivity index (χ3v) is 8.32. The Morgan fingerprint density at radius 2 is 0.923 bits per heavy atom. The zero-order valence-electron chi connectivity index (χ0n) is 16.4. The van der Waals surface area contributed by atoms with E-state index in [1.807, 2.05) is 0 Å². The van der Waals surface area contributed by atoms with Crippen molar-refractivity contribution in [3.05, 3.63) is 0 Å². The Balaban J connectivity index is 0.00000312. The molecule has 0 amide bonds. The molecule has 0 spiro atoms. The monoisotopic (exact) mass is 410 g/mol. The van der Waals surface area contributed by atoms with Crippen molar-refractivity contribution in [2.45, 2.75) is 101 Å². The first kappa shape index (κ1) is 26.0. The molecule has 8 heteroatoms. The third-order valence-electron chi connectivity index (χ3n) is 5.22. The summed E-state index contributed by atoms with van der Waals surface area (Å²) in [5.41, 5.74) is 0.608. The molecule has 2 atom stereocenters. The van der Waals surface area contributed by atoms with E-state index in [0.29, 0.717) is 24.5 Å². The minimum absolute atomic E-state index is 0. The van der Waals surface area contributed by atoms with Crippen molar-refractivity contribution in [3.63, 3.8) is 0 Å². The molecule has 2 unspecified atom stereocenters. The molecular formula is C18H40N2O4P2+2. The fourth-order valence-corrected chi connectivity index (χ4v) is 6.27. The molecule has 2 fully saturated rings. The second kappa shape index (κ2) is 16.0. The summed E-state index contributed by atoms with van der Waals surface area (Å²) in [6.45, 7) is 1.23. The highest BCUT2D eigenvalue weighted by molar-refractivity contribution is 7.40. The normalized spacial score (nSPS) is 20.0. The number of rotatable bonds is 11. The Morgan fingerprint density at radius 1 is 0.577 bits per heavy atom. The van der Waals surface area contributed by atoms with Crippen molar-refractivity contribution in [1.29, 1.82) is 0 Å². The molecule has 26 heavy (non-hydrogen) atoms. The highest BCUT2D eigenvalue weighted by atomic mass is 31.1. The molecule has 6 nitrogen and oxygen atoms in total. The van der Waals surface area contributed by atoms with Crippen LogP contribution in [0.2, 0.25) is 0 Å². The van der Waals surface area contributed by atoms with Crippen molar-refractivity contribution in [2.24, 2.45) is 0 Å². The van der Waals surface area contributed by atoms with E-state index in [1.165, 1.54) is 38.5 Å². The maximum Gasteiger partial charge on any atom is 0.511 e. The summed E-state index contributed by atoms with van der Waals surface area (Å²) in [6, 6.07) is 0. The fourth-order valence-electron chi connectivity index (χ4n) is 3.66. The van der Waals surface area contributed by atoms with E-state index in [1.54, 1.807) is 0 Å². The van der Waals surface area contributed by atoms with Crippen molar-refractivity contribution in [3.8, 4) is 0 Å². The summed E-state index contributed by atoms with van der Waals surface area (Å²) in [6.07, 6.45) is 15.8. The molecule has 2 aliphatic carbocycles. The Hall–Kier alpha value is 0.0400. The lowest BCUT2D eigenvalue weighted by atomic mass is 10.0. The van der Waals surface area contributed by atoms with Gasteiger partial charge >= 0.3 is 16.1 Å². The van der Waals surface area contributed by atoms with Gasteiger partial charge in [0.15, 0.2) is 11.3 Å². The maximum absolute atomic E-state index is 12.0. The van der Waals surface area contributed by atoms with Crippen LogP contribution in [0.1, 0.15) is 89.9 Å². The van der Waals surface area contributed by atoms with Gasteiger partial charge in [0.05, 0.1) is 0 Å². The first-order valence-electron chi connectivity index (χ1n) is 9.96. The van der Waals surface area contributed by atoms with Crippen LogP contribution in [0.15, 0.2) is 0 Å². The van der Waals surface area contributed by atoms with Crippen molar-refractivity contribution in [2.75, 3.05) is 13.2 Å². The molecule has 0 saturated heterocycles. The summed E-state index contributed by atoms with van der Waals surface area (Å²) < 4.78 is 35.1. The number of hydrogen-bond acceptors (Lipinski definition) is 6. The molecule has 0 aromatic carbocycles. The Kier molecular flexibility index (Phi) is 16.1. The summed E-state index contributed by atoms with van der Waals surface area (Å²) in [7, 11) is -2.91. The molecule has 0 radical (unpaired) electrons. The second-order valence-corrected chi connectivity index (χ2v) is 10.4. The molecule has 0 bridgehead atoms. The lowest BCUT2D eigenvalue weighted by molar-refractivity contribution is 0.288. The van der Waals surface area contributed by atoms with Gasteiger partial charge in [0.2, 0.25) is 0 Å². The number of unbranched alkanes of at least 4 members (excludes halogenated alkanes) is 3. The SMILES string of the molecule is N.N.O=[P+](OCCCCCCO[P+](=O)C1CCCCC1)C1CCCCC1. The van der Waals surface area contributed by atoms with Gasteiger partial charge in [-0.15, -0.1) is 9.05 Å². The van der Waals surface area contributed by atoms with Gasteiger partial charge in [-0.2, -0.15) is 0 Å². The van der Waals surface area contributed by atoms with Crippen LogP contribution in [0.4, 0.5) is 0 Å². The van der Waals surface area contributed by atoms with E-state index in [9.17, 15) is 9.13 Å². The van der Waals surface area contributed by atoms with E-state index in [4.69, 9.17) is 9.05 Å². The van der Waals surface area contributed by atoms with Crippen LogP contribution in [0.3, 0.4) is 0 Å². The van der Waals surface area contributed by atoms with Crippen LogP contribution in [0.5, 0.6) is 0 Å². The fraction of sp³-hybridized carbons (Fsp3) is 1.00. The second-order valence-electron chi connectivity index (χ2n) is 7.24. The molecule has 0 aromatic heterocycles. The van der Waals surface area contributed by atoms with Crippen LogP contribution in [0, 0.1) is 0 Å². The van der Waals surface area contributed by atoms with Crippen molar-refractivity contribution in [1.82, 2.24) is 12.3 Å². The van der Waals surface area contributed by atoms with Crippen LogP contribution in [-0.2, 0) is 18.2 Å². The third kappa shape index (κ3) is 10.4. The summed E-state index contributed by atoms with van der Waals surface area (Å²) >= 11 is 0. The maximum atomic E-state index is 12.0. The summed E-state index contributed by atoms with van der Waals surface area (Å²) in [4.78, 5) is 0. The van der Waals surface area contributed by atoms with Gasteiger partial charge in [0.25, 0.3) is 0 Å². The average Bonchev–Trinajstić information content (AvgIpc) is 2.65. The van der Waals surface area contributed by atoms with Gasteiger partial charge in [0, 0.05) is 0 Å². The standard InChI is InChI=1S/C18H34O4P2.2H3N/c19-23(17-11-5-3-6-12-17)21-15-9-1-2-10-16-22-24(20)18-13-7-4-8-14-18;;/h17-18H,1-16H2;2*1H3/q+2;;. The van der Waals surface area contributed by atoms with E-state index in [0.717, 1.165) is 51.4 Å². The topological polar surface area (TPSA) is 123 Å². The molecule has 154 valence electrons. The molecule has 2 saturated carbocycles. The van der Waals surface area contributed by atoms with Gasteiger partial charge in [-0.3, -0.25) is 0 Å². The van der Waals surface area contributed by atoms with Gasteiger partial charge in [-0.1, -0.05) is 25.7 Å². The largest absolute Gasteiger partial charge is 0.511 e. The van der Waals surface area contributed by atoms with Gasteiger partial charge in [0.1, 0.15) is 13.2 Å². The zero-order chi connectivity index (χ0) is 17.0. The Bertz CT molecular complexity index is 351. The predicted molar refractivity (Wildman–Crippen MR) is 109 cm³/mol. The zero-order valence-corrected chi connectivity index (χ0v) is 18.2. The summed E-state index contributed by atoms with van der Waals surface area (Å²) in [5.74, 6) is 0. The van der Waals surface area contributed by atoms with E-state index in [-0.39, 0.29) is 12.3 Å². The summed E-state index contributed by atoms with van der Waals surface area (Å²) in [5, 5.41) is 0. The van der Waals surface area contributed by atoms with Crippen LogP contribution in [-0.4, -0.2) is 24.5 Å². The van der Waals surface area contributed by atoms with Gasteiger partial charge < -0.3 is 12.3 Å². The highest BCUT2D eigenvalue weighted by Gasteiger charge is 2.34. The van der Waals surface area contributed by atoms with Crippen LogP contribution < -0.4 is 12.3 Å². The lowest BCUT2D eigenvalue weighted by Gasteiger charge is -2.11. The molecule has 2 rings (SSSR count). The lowest BCUT2D eigenvalue weighted by Crippen LogP contribution is -2.09. The first-order valence-corrected chi connectivity index (χ1v) is 12.5. The van der Waals surface area contributed by atoms with E-state index >= 15 is 0 Å². The van der Waals surface area contributed by atoms with Crippen molar-refractivity contribution < 1.29 is 18.2 Å². The minimum Gasteiger partial charge on any atom is -0.344 e. The molecule has 0 aromatic rings. The Labute approximate surface area is 161 Å². The predicted octanol–water partition coefficient (Wildman–Crippen LogP) is 7.05. The van der Waals surface area contributed by atoms with E-state index < -0.39 is 16.1 Å². The number of hydrogen-bond donors (Lipinski definition) is 2. The minimum atomic E-state index is -1.46. The molecule has 6 N–H and O–H groups in total. The van der Waals surface area contributed by atoms with E-state index in [2.05, 4.69) is 0 Å². The Morgan fingerprint density at radius 3 is 1.27 bits per heavy atom. The van der Waals surface area contributed by atoms with Crippen molar-refractivity contribution >= 4 is 16.1 Å². The molecular weight excluding hydrogens is 370 g/mol. The van der Waals surface area contributed by atoms with Crippen LogP contribution >= 0.6 is 16.1 Å². The average molecular weight is 410 g/mol. The van der Waals surface area contributed by atoms with Gasteiger partial charge in [-0.05, 0) is 73.3 Å². The highest BCUT2D eigenvalue weighted by Crippen LogP contribution is 2.40. The van der Waals surface area contributed by atoms with Gasteiger partial charge in [-0.25, -0.2) is 0 Å². The molecule has 2 aliphatic rings. The molecule has 0 aliphatic heterocycles. The molecule has 0 heterocycles. The quantitative estimate of drug-likeness (QED) is 0.278. The first-order chi connectivity index (χ1) is 11.8. The van der Waals surface area contributed by atoms with Crippen LogP contribution in [0.25, 0.3) is 0 Å². The smallest absolute Gasteiger partial charge is 0.344 e.